The van der Waals surface area contributed by atoms with Crippen LogP contribution in [0.25, 0.3) is 0 Å². The average molecular weight is 287 g/mol. The van der Waals surface area contributed by atoms with Gasteiger partial charge in [0.15, 0.2) is 0 Å². The van der Waals surface area contributed by atoms with E-state index in [1.807, 2.05) is 37.3 Å². The minimum absolute atomic E-state index is 0.0989. The molecule has 1 atom stereocenters. The van der Waals surface area contributed by atoms with Crippen molar-refractivity contribution in [2.24, 2.45) is 0 Å². The van der Waals surface area contributed by atoms with Crippen LogP contribution in [-0.2, 0) is 11.2 Å². The fraction of sp³-hybridized carbons (Fsp3) is 0.235. The van der Waals surface area contributed by atoms with Crippen LogP contribution in [0.2, 0.25) is 0 Å². The average Bonchev–Trinajstić information content (AvgIpc) is 2.48. The van der Waals surface area contributed by atoms with E-state index in [4.69, 9.17) is 4.74 Å². The van der Waals surface area contributed by atoms with Crippen LogP contribution in [0.5, 0.6) is 5.75 Å². The fourth-order valence-corrected chi connectivity index (χ4v) is 1.89. The molecule has 0 radical (unpaired) electrons. The first kappa shape index (κ1) is 15.0. The maximum absolute atomic E-state index is 12.8. The van der Waals surface area contributed by atoms with Crippen molar-refractivity contribution < 1.29 is 13.9 Å². The first-order valence-electron chi connectivity index (χ1n) is 6.85. The van der Waals surface area contributed by atoms with Gasteiger partial charge < -0.3 is 10.1 Å². The number of hydrogen-bond donors (Lipinski definition) is 1. The Bertz CT molecular complexity index is 569. The molecular weight excluding hydrogens is 269 g/mol. The van der Waals surface area contributed by atoms with E-state index in [-0.39, 0.29) is 24.2 Å². The molecule has 0 saturated carbocycles. The Hall–Kier alpha value is -2.36. The Labute approximate surface area is 123 Å². The molecule has 0 aliphatic heterocycles. The number of ether oxygens (including phenoxy) is 1. The van der Waals surface area contributed by atoms with Crippen molar-refractivity contribution in [3.63, 3.8) is 0 Å². The summed E-state index contributed by atoms with van der Waals surface area (Å²) in [6.07, 6.45) is 0.232. The van der Waals surface area contributed by atoms with Gasteiger partial charge in [-0.15, -0.1) is 0 Å². The summed E-state index contributed by atoms with van der Waals surface area (Å²) < 4.78 is 18.3. The lowest BCUT2D eigenvalue weighted by molar-refractivity contribution is -0.121. The van der Waals surface area contributed by atoms with Crippen LogP contribution in [0.4, 0.5) is 4.39 Å². The minimum Gasteiger partial charge on any atom is -0.491 e. The van der Waals surface area contributed by atoms with Gasteiger partial charge in [-0.3, -0.25) is 4.79 Å². The number of halogens is 1. The van der Waals surface area contributed by atoms with Gasteiger partial charge in [-0.2, -0.15) is 0 Å². The lowest BCUT2D eigenvalue weighted by atomic mass is 10.1. The van der Waals surface area contributed by atoms with Crippen LogP contribution < -0.4 is 10.1 Å². The SMILES string of the molecule is CC(COc1ccccc1)NC(=O)Cc1ccc(F)cc1. The molecule has 0 heterocycles. The van der Waals surface area contributed by atoms with Gasteiger partial charge in [0.1, 0.15) is 18.2 Å². The smallest absolute Gasteiger partial charge is 0.224 e. The van der Waals surface area contributed by atoms with Crippen LogP contribution in [-0.4, -0.2) is 18.6 Å². The van der Waals surface area contributed by atoms with Crippen molar-refractivity contribution in [3.05, 3.63) is 66.0 Å². The van der Waals surface area contributed by atoms with E-state index in [2.05, 4.69) is 5.32 Å². The number of rotatable bonds is 6. The summed E-state index contributed by atoms with van der Waals surface area (Å²) in [7, 11) is 0. The molecule has 4 heteroatoms. The molecule has 0 bridgehead atoms. The van der Waals surface area contributed by atoms with Gasteiger partial charge in [-0.1, -0.05) is 30.3 Å². The second-order valence-corrected chi connectivity index (χ2v) is 4.90. The van der Waals surface area contributed by atoms with E-state index in [1.54, 1.807) is 12.1 Å². The van der Waals surface area contributed by atoms with E-state index in [0.717, 1.165) is 11.3 Å². The maximum Gasteiger partial charge on any atom is 0.224 e. The molecule has 0 aliphatic rings. The molecule has 110 valence electrons. The maximum atomic E-state index is 12.8. The Kier molecular flexibility index (Phi) is 5.32. The molecule has 1 amide bonds. The molecule has 0 saturated heterocycles. The molecule has 0 fully saturated rings. The van der Waals surface area contributed by atoms with Crippen LogP contribution >= 0.6 is 0 Å². The van der Waals surface area contributed by atoms with E-state index in [1.165, 1.54) is 12.1 Å². The van der Waals surface area contributed by atoms with Crippen LogP contribution in [0.1, 0.15) is 12.5 Å². The number of nitrogens with one attached hydrogen (secondary N) is 1. The Morgan fingerprint density at radius 1 is 1.14 bits per heavy atom. The van der Waals surface area contributed by atoms with Crippen molar-refractivity contribution in [1.82, 2.24) is 5.32 Å². The third kappa shape index (κ3) is 5.26. The number of benzene rings is 2. The number of carbonyl (C=O) groups is 1. The van der Waals surface area contributed by atoms with Crippen LogP contribution in [0.15, 0.2) is 54.6 Å². The second kappa shape index (κ2) is 7.43. The van der Waals surface area contributed by atoms with Gasteiger partial charge in [0.05, 0.1) is 12.5 Å². The van der Waals surface area contributed by atoms with Gasteiger partial charge in [0.2, 0.25) is 5.91 Å². The van der Waals surface area contributed by atoms with E-state index in [0.29, 0.717) is 6.61 Å². The number of carbonyl (C=O) groups excluding carboxylic acids is 1. The highest BCUT2D eigenvalue weighted by atomic mass is 19.1. The summed E-state index contributed by atoms with van der Waals surface area (Å²) in [5, 5.41) is 2.86. The molecule has 0 aromatic heterocycles. The molecule has 0 aliphatic carbocycles. The minimum atomic E-state index is -0.302. The van der Waals surface area contributed by atoms with Crippen molar-refractivity contribution >= 4 is 5.91 Å². The quantitative estimate of drug-likeness (QED) is 0.887. The van der Waals surface area contributed by atoms with Crippen molar-refractivity contribution in [1.29, 1.82) is 0 Å². The van der Waals surface area contributed by atoms with E-state index in [9.17, 15) is 9.18 Å². The van der Waals surface area contributed by atoms with Gasteiger partial charge >= 0.3 is 0 Å². The highest BCUT2D eigenvalue weighted by molar-refractivity contribution is 5.78. The summed E-state index contributed by atoms with van der Waals surface area (Å²) in [5.74, 6) is 0.367. The Morgan fingerprint density at radius 3 is 2.48 bits per heavy atom. The van der Waals surface area contributed by atoms with E-state index >= 15 is 0 Å². The largest absolute Gasteiger partial charge is 0.491 e. The van der Waals surface area contributed by atoms with Gasteiger partial charge in [-0.05, 0) is 36.8 Å². The van der Waals surface area contributed by atoms with Crippen molar-refractivity contribution in [2.75, 3.05) is 6.61 Å². The normalized spacial score (nSPS) is 11.7. The summed E-state index contributed by atoms with van der Waals surface area (Å²) in [4.78, 5) is 11.9. The van der Waals surface area contributed by atoms with Crippen molar-refractivity contribution in [3.8, 4) is 5.75 Å². The monoisotopic (exact) mass is 287 g/mol. The zero-order chi connectivity index (χ0) is 15.1. The summed E-state index contributed by atoms with van der Waals surface area (Å²) in [6, 6.07) is 15.3. The summed E-state index contributed by atoms with van der Waals surface area (Å²) in [5.41, 5.74) is 0.782. The summed E-state index contributed by atoms with van der Waals surface area (Å²) in [6.45, 7) is 2.28. The predicted molar refractivity (Wildman–Crippen MR) is 79.6 cm³/mol. The molecule has 2 aromatic rings. The zero-order valence-electron chi connectivity index (χ0n) is 11.9. The van der Waals surface area contributed by atoms with Gasteiger partial charge in [0.25, 0.3) is 0 Å². The molecule has 21 heavy (non-hydrogen) atoms. The lowest BCUT2D eigenvalue weighted by Crippen LogP contribution is -2.37. The number of para-hydroxylation sites is 1. The zero-order valence-corrected chi connectivity index (χ0v) is 11.9. The molecule has 1 N–H and O–H groups in total. The molecule has 2 aromatic carbocycles. The van der Waals surface area contributed by atoms with E-state index < -0.39 is 0 Å². The highest BCUT2D eigenvalue weighted by Crippen LogP contribution is 2.08. The lowest BCUT2D eigenvalue weighted by Gasteiger charge is -2.15. The first-order valence-corrected chi connectivity index (χ1v) is 6.85. The second-order valence-electron chi connectivity index (χ2n) is 4.90. The fourth-order valence-electron chi connectivity index (χ4n) is 1.89. The van der Waals surface area contributed by atoms with Crippen LogP contribution in [0.3, 0.4) is 0 Å². The van der Waals surface area contributed by atoms with Crippen molar-refractivity contribution in [2.45, 2.75) is 19.4 Å². The predicted octanol–water partition coefficient (Wildman–Crippen LogP) is 2.95. The molecule has 0 spiro atoms. The third-order valence-electron chi connectivity index (χ3n) is 2.93. The molecule has 3 nitrogen and oxygen atoms in total. The van der Waals surface area contributed by atoms with Gasteiger partial charge in [0, 0.05) is 0 Å². The van der Waals surface area contributed by atoms with Gasteiger partial charge in [-0.25, -0.2) is 4.39 Å². The standard InChI is InChI=1S/C17H18FNO2/c1-13(12-21-16-5-3-2-4-6-16)19-17(20)11-14-7-9-15(18)10-8-14/h2-10,13H,11-12H2,1H3,(H,19,20). The topological polar surface area (TPSA) is 38.3 Å². The van der Waals surface area contributed by atoms with Crippen LogP contribution in [0, 0.1) is 5.82 Å². The molecule has 1 unspecified atom stereocenters. The highest BCUT2D eigenvalue weighted by Gasteiger charge is 2.09. The number of hydrogen-bond acceptors (Lipinski definition) is 2. The Balaban J connectivity index is 1.75. The third-order valence-corrected chi connectivity index (χ3v) is 2.93. The molecular formula is C17H18FNO2. The first-order chi connectivity index (χ1) is 10.1. The number of amides is 1. The molecule has 2 rings (SSSR count). The Morgan fingerprint density at radius 2 is 1.81 bits per heavy atom. The summed E-state index contributed by atoms with van der Waals surface area (Å²) >= 11 is 0.